The van der Waals surface area contributed by atoms with Crippen LogP contribution in [0, 0.1) is 5.92 Å². The molecule has 204 valence electrons. The lowest BCUT2D eigenvalue weighted by Crippen LogP contribution is -2.53. The molecule has 2 N–H and O–H groups in total. The molecule has 1 heterocycles. The third-order valence-electron chi connectivity index (χ3n) is 6.16. The molecule has 0 radical (unpaired) electrons. The molecule has 1 saturated heterocycles. The Balaban J connectivity index is 2.71. The number of fused-ring (bicyclic) bond motifs is 1. The van der Waals surface area contributed by atoms with Crippen LogP contribution in [0.3, 0.4) is 0 Å². The predicted octanol–water partition coefficient (Wildman–Crippen LogP) is 0.442. The van der Waals surface area contributed by atoms with Crippen LogP contribution in [0.25, 0.3) is 0 Å². The van der Waals surface area contributed by atoms with Crippen molar-refractivity contribution in [3.8, 4) is 0 Å². The van der Waals surface area contributed by atoms with Crippen LogP contribution in [0.15, 0.2) is 35.5 Å². The fourth-order valence-corrected chi connectivity index (χ4v) is 4.01. The number of rotatable bonds is 7. The maximum absolute atomic E-state index is 13.2. The average Bonchev–Trinajstić information content (AvgIpc) is 3.09. The number of hydrogen-bond acceptors (Lipinski definition) is 12. The summed E-state index contributed by atoms with van der Waals surface area (Å²) in [7, 11) is 1.10. The SMILES string of the molecule is C=C1C(=O)O[C@@H]2/C=C(\CO)CC/C=C(/C(=O)OC)[C@H](OC(C)=O)[C@@H](OC(=O)[C@@](C)(O)[C@H](C)OC(C)=O)[C@@H]12. The van der Waals surface area contributed by atoms with Crippen molar-refractivity contribution >= 4 is 29.8 Å². The van der Waals surface area contributed by atoms with Crippen molar-refractivity contribution in [2.24, 2.45) is 5.92 Å². The van der Waals surface area contributed by atoms with Gasteiger partial charge in [0, 0.05) is 19.4 Å². The highest BCUT2D eigenvalue weighted by atomic mass is 16.6. The first-order valence-corrected chi connectivity index (χ1v) is 11.5. The van der Waals surface area contributed by atoms with Crippen LogP contribution in [0.1, 0.15) is 40.5 Å². The van der Waals surface area contributed by atoms with E-state index in [0.717, 1.165) is 27.9 Å². The summed E-state index contributed by atoms with van der Waals surface area (Å²) in [6, 6.07) is 0. The Hall–Kier alpha value is -3.51. The van der Waals surface area contributed by atoms with Gasteiger partial charge in [-0.05, 0) is 38.3 Å². The van der Waals surface area contributed by atoms with Crippen LogP contribution in [0.5, 0.6) is 0 Å². The van der Waals surface area contributed by atoms with Crippen molar-refractivity contribution in [1.29, 1.82) is 0 Å². The molecule has 1 aliphatic carbocycles. The molecule has 6 atom stereocenters. The summed E-state index contributed by atoms with van der Waals surface area (Å²) < 4.78 is 26.2. The second-order valence-electron chi connectivity index (χ2n) is 8.89. The Morgan fingerprint density at radius 1 is 1.22 bits per heavy atom. The van der Waals surface area contributed by atoms with Crippen LogP contribution in [0.4, 0.5) is 0 Å². The van der Waals surface area contributed by atoms with Gasteiger partial charge in [-0.2, -0.15) is 0 Å². The van der Waals surface area contributed by atoms with Crippen LogP contribution in [-0.2, 0) is 47.7 Å². The van der Waals surface area contributed by atoms with E-state index >= 15 is 0 Å². The van der Waals surface area contributed by atoms with Crippen molar-refractivity contribution < 1.29 is 57.9 Å². The van der Waals surface area contributed by atoms with Gasteiger partial charge >= 0.3 is 29.8 Å². The van der Waals surface area contributed by atoms with Gasteiger partial charge in [-0.15, -0.1) is 0 Å². The third kappa shape index (κ3) is 6.83. The van der Waals surface area contributed by atoms with Gasteiger partial charge in [0.25, 0.3) is 0 Å². The predicted molar refractivity (Wildman–Crippen MR) is 124 cm³/mol. The highest BCUT2D eigenvalue weighted by molar-refractivity contribution is 5.93. The molecule has 0 aromatic carbocycles. The second-order valence-corrected chi connectivity index (χ2v) is 8.89. The number of carbonyl (C=O) groups is 5. The lowest BCUT2D eigenvalue weighted by Gasteiger charge is -2.36. The zero-order valence-electron chi connectivity index (χ0n) is 21.3. The number of aliphatic hydroxyl groups excluding tert-OH is 1. The number of carbonyl (C=O) groups excluding carboxylic acids is 5. The normalized spacial score (nSPS) is 29.1. The number of methoxy groups -OCH3 is 1. The Bertz CT molecular complexity index is 1020. The Morgan fingerprint density at radius 3 is 2.41 bits per heavy atom. The quantitative estimate of drug-likeness (QED) is 0.204. The van der Waals surface area contributed by atoms with Crippen molar-refractivity contribution in [2.75, 3.05) is 13.7 Å². The number of esters is 5. The monoisotopic (exact) mass is 524 g/mol. The number of allylic oxidation sites excluding steroid dienone is 1. The van der Waals surface area contributed by atoms with E-state index in [0.29, 0.717) is 5.57 Å². The third-order valence-corrected chi connectivity index (χ3v) is 6.16. The molecule has 1 aliphatic heterocycles. The molecule has 0 bridgehead atoms. The number of hydrogen-bond donors (Lipinski definition) is 2. The van der Waals surface area contributed by atoms with Crippen molar-refractivity contribution in [3.63, 3.8) is 0 Å². The zero-order chi connectivity index (χ0) is 28.1. The fraction of sp³-hybridized carbons (Fsp3) is 0.560. The molecule has 0 unspecified atom stereocenters. The number of aliphatic hydroxyl groups is 2. The van der Waals surface area contributed by atoms with Crippen LogP contribution >= 0.6 is 0 Å². The van der Waals surface area contributed by atoms with Crippen molar-refractivity contribution in [1.82, 2.24) is 0 Å². The van der Waals surface area contributed by atoms with E-state index in [9.17, 15) is 34.2 Å². The van der Waals surface area contributed by atoms with E-state index in [4.69, 9.17) is 23.7 Å². The van der Waals surface area contributed by atoms with Crippen molar-refractivity contribution in [2.45, 2.75) is 70.6 Å². The van der Waals surface area contributed by atoms with Crippen LogP contribution < -0.4 is 0 Å². The van der Waals surface area contributed by atoms with Gasteiger partial charge < -0.3 is 33.9 Å². The minimum atomic E-state index is -2.39. The van der Waals surface area contributed by atoms with Gasteiger partial charge in [-0.1, -0.05) is 12.7 Å². The summed E-state index contributed by atoms with van der Waals surface area (Å²) in [5.41, 5.74) is -2.28. The smallest absolute Gasteiger partial charge is 0.342 e. The van der Waals surface area contributed by atoms with Crippen LogP contribution in [0.2, 0.25) is 0 Å². The van der Waals surface area contributed by atoms with Gasteiger partial charge in [-0.3, -0.25) is 9.59 Å². The lowest BCUT2D eigenvalue weighted by molar-refractivity contribution is -0.196. The molecule has 2 aliphatic rings. The highest BCUT2D eigenvalue weighted by Gasteiger charge is 2.52. The minimum absolute atomic E-state index is 0.161. The first-order valence-electron chi connectivity index (χ1n) is 11.5. The molecule has 1 fully saturated rings. The highest BCUT2D eigenvalue weighted by Crippen LogP contribution is 2.38. The maximum atomic E-state index is 13.2. The van der Waals surface area contributed by atoms with E-state index < -0.39 is 65.8 Å². The molecular formula is C25H32O12. The Kier molecular flexibility index (Phi) is 9.76. The lowest BCUT2D eigenvalue weighted by atomic mass is 9.83. The summed E-state index contributed by atoms with van der Waals surface area (Å²) in [5, 5.41) is 20.6. The molecule has 12 heteroatoms. The number of ether oxygens (including phenoxy) is 5. The summed E-state index contributed by atoms with van der Waals surface area (Å²) in [4.78, 5) is 62.0. The first-order chi connectivity index (χ1) is 17.2. The Morgan fingerprint density at radius 2 is 1.86 bits per heavy atom. The molecule has 12 nitrogen and oxygen atoms in total. The van der Waals surface area contributed by atoms with Gasteiger partial charge in [0.1, 0.15) is 12.2 Å². The zero-order valence-corrected chi connectivity index (χ0v) is 21.3. The first kappa shape index (κ1) is 29.7. The molecular weight excluding hydrogens is 492 g/mol. The van der Waals surface area contributed by atoms with E-state index in [1.54, 1.807) is 0 Å². The molecule has 2 rings (SSSR count). The van der Waals surface area contributed by atoms with E-state index in [1.165, 1.54) is 19.1 Å². The molecule has 0 spiro atoms. The van der Waals surface area contributed by atoms with E-state index in [2.05, 4.69) is 6.58 Å². The van der Waals surface area contributed by atoms with Crippen LogP contribution in [-0.4, -0.2) is 83.8 Å². The summed E-state index contributed by atoms with van der Waals surface area (Å²) in [6.45, 7) is 7.81. The van der Waals surface area contributed by atoms with Gasteiger partial charge in [0.15, 0.2) is 17.8 Å². The molecule has 0 amide bonds. The topological polar surface area (TPSA) is 172 Å². The molecule has 0 saturated carbocycles. The van der Waals surface area contributed by atoms with Gasteiger partial charge in [-0.25, -0.2) is 14.4 Å². The summed E-state index contributed by atoms with van der Waals surface area (Å²) in [5.74, 6) is -5.87. The minimum Gasteiger partial charge on any atom is -0.466 e. The average molecular weight is 525 g/mol. The van der Waals surface area contributed by atoms with E-state index in [-0.39, 0.29) is 30.6 Å². The molecule has 0 aromatic heterocycles. The second kappa shape index (κ2) is 12.2. The van der Waals surface area contributed by atoms with Gasteiger partial charge in [0.05, 0.1) is 25.2 Å². The largest absolute Gasteiger partial charge is 0.466 e. The molecule has 37 heavy (non-hydrogen) atoms. The standard InChI is InChI=1S/C25H32O12/c1-12-19-18(36-22(12)29)10-16(11-26)8-7-9-17(23(30)33-6)20(35-15(4)28)21(19)37-24(31)25(5,32)13(2)34-14(3)27/h9-10,13,18-21,26,32H,1,7-8,11H2,2-6H3/b16-10-,17-9+/t13-,18+,19-,20-,21-,25-/m0/s1. The molecule has 0 aromatic rings. The van der Waals surface area contributed by atoms with Crippen molar-refractivity contribution in [3.05, 3.63) is 35.5 Å². The van der Waals surface area contributed by atoms with E-state index in [1.807, 2.05) is 0 Å². The van der Waals surface area contributed by atoms with Gasteiger partial charge in [0.2, 0.25) is 0 Å². The summed E-state index contributed by atoms with van der Waals surface area (Å²) in [6.07, 6.45) is -2.38. The summed E-state index contributed by atoms with van der Waals surface area (Å²) >= 11 is 0. The fourth-order valence-electron chi connectivity index (χ4n) is 4.01. The Labute approximate surface area is 213 Å². The maximum Gasteiger partial charge on any atom is 0.342 e.